The molecule has 298 valence electrons. The van der Waals surface area contributed by atoms with E-state index in [1.807, 2.05) is 60.7 Å². The summed E-state index contributed by atoms with van der Waals surface area (Å²) in [6, 6.07) is 34.6. The summed E-state index contributed by atoms with van der Waals surface area (Å²) in [5.74, 6) is -1.74. The van der Waals surface area contributed by atoms with Gasteiger partial charge in [0.1, 0.15) is 18.8 Å². The number of carbonyl (C=O) groups excluding carboxylic acids is 5. The summed E-state index contributed by atoms with van der Waals surface area (Å²) >= 11 is 0. The molecule has 6 aromatic rings. The first-order chi connectivity index (χ1) is 27.9. The summed E-state index contributed by atoms with van der Waals surface area (Å²) in [4.78, 5) is 67.8. The van der Waals surface area contributed by atoms with Gasteiger partial charge in [0.25, 0.3) is 0 Å². The number of alkyl carbamates (subject to hydrolysis) is 1. The number of fused-ring (bicyclic) bond motifs is 3. The van der Waals surface area contributed by atoms with Gasteiger partial charge in [-0.25, -0.2) is 4.79 Å². The number of benzene rings is 6. The Kier molecular flexibility index (Phi) is 11.6. The SMILES string of the molecule is CC(=O)N(CCNC(=O)OCC1c2ccccc2-c2ccccc21)CC(=O)NCCN(CC(=O)OC(C)(C)C)C(=O)Cc1ccc2ccc3cccc4ccc1c2c34. The van der Waals surface area contributed by atoms with Gasteiger partial charge in [0, 0.05) is 39.0 Å². The van der Waals surface area contributed by atoms with Crippen LogP contribution in [0.4, 0.5) is 4.79 Å². The topological polar surface area (TPSA) is 134 Å². The van der Waals surface area contributed by atoms with Crippen LogP contribution in [0.3, 0.4) is 0 Å². The van der Waals surface area contributed by atoms with Crippen molar-refractivity contribution in [2.24, 2.45) is 0 Å². The van der Waals surface area contributed by atoms with Gasteiger partial charge in [0.2, 0.25) is 17.7 Å². The van der Waals surface area contributed by atoms with Crippen LogP contribution < -0.4 is 10.6 Å². The van der Waals surface area contributed by atoms with E-state index in [2.05, 4.69) is 53.1 Å². The zero-order valence-corrected chi connectivity index (χ0v) is 33.3. The number of ether oxygens (including phenoxy) is 2. The van der Waals surface area contributed by atoms with Crippen molar-refractivity contribution < 1.29 is 33.4 Å². The molecule has 0 bridgehead atoms. The second kappa shape index (κ2) is 16.9. The molecule has 1 aliphatic carbocycles. The average molecular weight is 781 g/mol. The molecule has 11 heteroatoms. The molecule has 6 aromatic carbocycles. The summed E-state index contributed by atoms with van der Waals surface area (Å²) in [5.41, 5.74) is 4.55. The summed E-state index contributed by atoms with van der Waals surface area (Å²) in [5, 5.41) is 12.0. The monoisotopic (exact) mass is 780 g/mol. The van der Waals surface area contributed by atoms with E-state index in [1.165, 1.54) is 16.7 Å². The molecule has 4 amide bonds. The van der Waals surface area contributed by atoms with E-state index in [9.17, 15) is 24.0 Å². The second-order valence-corrected chi connectivity index (χ2v) is 15.7. The summed E-state index contributed by atoms with van der Waals surface area (Å²) in [6.07, 6.45) is -0.577. The van der Waals surface area contributed by atoms with Crippen LogP contribution in [0, 0.1) is 0 Å². The van der Waals surface area contributed by atoms with Crippen LogP contribution in [0.1, 0.15) is 50.3 Å². The maximum atomic E-state index is 13.9. The molecule has 0 saturated carbocycles. The largest absolute Gasteiger partial charge is 0.459 e. The van der Waals surface area contributed by atoms with Gasteiger partial charge in [0.15, 0.2) is 0 Å². The first-order valence-electron chi connectivity index (χ1n) is 19.6. The van der Waals surface area contributed by atoms with Gasteiger partial charge in [-0.2, -0.15) is 0 Å². The van der Waals surface area contributed by atoms with Crippen molar-refractivity contribution in [3.63, 3.8) is 0 Å². The molecule has 0 unspecified atom stereocenters. The third-order valence-electron chi connectivity index (χ3n) is 10.5. The van der Waals surface area contributed by atoms with E-state index in [1.54, 1.807) is 20.8 Å². The Morgan fingerprint density at radius 2 is 1.24 bits per heavy atom. The number of nitrogens with zero attached hydrogens (tertiary/aromatic N) is 2. The zero-order valence-electron chi connectivity index (χ0n) is 33.3. The molecule has 0 fully saturated rings. The van der Waals surface area contributed by atoms with Crippen LogP contribution in [0.25, 0.3) is 43.4 Å². The first kappa shape index (κ1) is 39.7. The van der Waals surface area contributed by atoms with Crippen LogP contribution in [-0.2, 0) is 35.1 Å². The van der Waals surface area contributed by atoms with Crippen molar-refractivity contribution in [1.29, 1.82) is 0 Å². The highest BCUT2D eigenvalue weighted by molar-refractivity contribution is 6.23. The van der Waals surface area contributed by atoms with E-state index in [4.69, 9.17) is 9.47 Å². The van der Waals surface area contributed by atoms with Crippen LogP contribution in [0.2, 0.25) is 0 Å². The fraction of sp³-hybridized carbons (Fsp3) is 0.298. The molecular formula is C47H48N4O7. The highest BCUT2D eigenvalue weighted by atomic mass is 16.6. The number of nitrogens with one attached hydrogen (secondary N) is 2. The third kappa shape index (κ3) is 8.89. The van der Waals surface area contributed by atoms with Crippen molar-refractivity contribution in [1.82, 2.24) is 20.4 Å². The van der Waals surface area contributed by atoms with Crippen molar-refractivity contribution in [3.8, 4) is 11.1 Å². The molecular weight excluding hydrogens is 733 g/mol. The summed E-state index contributed by atoms with van der Waals surface area (Å²) in [6.45, 7) is 6.46. The Bertz CT molecular complexity index is 2450. The van der Waals surface area contributed by atoms with Crippen LogP contribution >= 0.6 is 0 Å². The number of carbonyl (C=O) groups is 5. The minimum Gasteiger partial charge on any atom is -0.459 e. The molecule has 1 aliphatic rings. The lowest BCUT2D eigenvalue weighted by molar-refractivity contribution is -0.158. The predicted octanol–water partition coefficient (Wildman–Crippen LogP) is 6.80. The molecule has 7 rings (SSSR count). The predicted molar refractivity (Wildman–Crippen MR) is 225 cm³/mol. The number of amides is 4. The maximum absolute atomic E-state index is 13.9. The van der Waals surface area contributed by atoms with E-state index >= 15 is 0 Å². The van der Waals surface area contributed by atoms with E-state index in [0.717, 1.165) is 60.1 Å². The van der Waals surface area contributed by atoms with Crippen LogP contribution in [0.5, 0.6) is 0 Å². The molecule has 11 nitrogen and oxygen atoms in total. The highest BCUT2D eigenvalue weighted by Gasteiger charge is 2.29. The Balaban J connectivity index is 0.928. The fourth-order valence-electron chi connectivity index (χ4n) is 7.90. The third-order valence-corrected chi connectivity index (χ3v) is 10.5. The van der Waals surface area contributed by atoms with E-state index < -0.39 is 23.6 Å². The van der Waals surface area contributed by atoms with Gasteiger partial charge < -0.3 is 29.9 Å². The van der Waals surface area contributed by atoms with Gasteiger partial charge >= 0.3 is 12.1 Å². The molecule has 0 spiro atoms. The minimum absolute atomic E-state index is 0.0373. The summed E-state index contributed by atoms with van der Waals surface area (Å²) in [7, 11) is 0. The lowest BCUT2D eigenvalue weighted by Crippen LogP contribution is -2.46. The number of hydrogen-bond acceptors (Lipinski definition) is 7. The van der Waals surface area contributed by atoms with Gasteiger partial charge in [-0.3, -0.25) is 19.2 Å². The fourth-order valence-corrected chi connectivity index (χ4v) is 7.90. The normalized spacial score (nSPS) is 12.3. The second-order valence-electron chi connectivity index (χ2n) is 15.7. The van der Waals surface area contributed by atoms with Crippen LogP contribution in [-0.4, -0.2) is 91.1 Å². The highest BCUT2D eigenvalue weighted by Crippen LogP contribution is 2.44. The van der Waals surface area contributed by atoms with Crippen molar-refractivity contribution in [3.05, 3.63) is 120 Å². The van der Waals surface area contributed by atoms with Gasteiger partial charge in [-0.1, -0.05) is 103 Å². The van der Waals surface area contributed by atoms with Crippen LogP contribution in [0.15, 0.2) is 103 Å². The standard InChI is InChI=1S/C47H48N4O7/c1-30(52)50(24-23-49-46(56)57-29-40-38-14-7-5-12-36(38)37-13-6-8-15-39(37)40)27-41(53)48-22-25-51(28-43(55)58-47(2,3)4)42(54)26-34-19-18-33-17-16-31-10-9-11-32-20-21-35(34)45(33)44(31)32/h5-21,40H,22-29H2,1-4H3,(H,48,53)(H,49,56). The molecule has 0 atom stereocenters. The molecule has 0 heterocycles. The maximum Gasteiger partial charge on any atom is 0.407 e. The quantitative estimate of drug-likeness (QED) is 0.0918. The van der Waals surface area contributed by atoms with Gasteiger partial charge in [0.05, 0.1) is 13.0 Å². The Labute approximate surface area is 337 Å². The number of hydrogen-bond donors (Lipinski definition) is 2. The Morgan fingerprint density at radius 1 is 0.655 bits per heavy atom. The smallest absolute Gasteiger partial charge is 0.407 e. The minimum atomic E-state index is -0.748. The average Bonchev–Trinajstić information content (AvgIpc) is 3.51. The summed E-state index contributed by atoms with van der Waals surface area (Å²) < 4.78 is 11.1. The lowest BCUT2D eigenvalue weighted by Gasteiger charge is -2.26. The molecule has 0 aromatic heterocycles. The van der Waals surface area contributed by atoms with E-state index in [-0.39, 0.29) is 70.0 Å². The number of rotatable bonds is 14. The number of esters is 1. The molecule has 0 saturated heterocycles. The van der Waals surface area contributed by atoms with Crippen molar-refractivity contribution in [2.75, 3.05) is 45.9 Å². The van der Waals surface area contributed by atoms with E-state index in [0.29, 0.717) is 0 Å². The Morgan fingerprint density at radius 3 is 1.90 bits per heavy atom. The first-order valence-corrected chi connectivity index (χ1v) is 19.6. The van der Waals surface area contributed by atoms with Crippen molar-refractivity contribution in [2.45, 2.75) is 45.6 Å². The zero-order chi connectivity index (χ0) is 41.0. The van der Waals surface area contributed by atoms with Gasteiger partial charge in [-0.15, -0.1) is 0 Å². The van der Waals surface area contributed by atoms with Gasteiger partial charge in [-0.05, 0) is 80.9 Å². The molecule has 58 heavy (non-hydrogen) atoms. The molecule has 0 aliphatic heterocycles. The molecule has 2 N–H and O–H groups in total. The molecule has 0 radical (unpaired) electrons. The Hall–Kier alpha value is -6.49. The lowest BCUT2D eigenvalue weighted by atomic mass is 9.91. The van der Waals surface area contributed by atoms with Crippen molar-refractivity contribution >= 4 is 62.1 Å².